The first kappa shape index (κ1) is 13.8. The van der Waals surface area contributed by atoms with Gasteiger partial charge in [0.15, 0.2) is 0 Å². The number of hydrogen-bond acceptors (Lipinski definition) is 4. The number of ether oxygens (including phenoxy) is 1. The van der Waals surface area contributed by atoms with E-state index < -0.39 is 0 Å². The summed E-state index contributed by atoms with van der Waals surface area (Å²) in [5.41, 5.74) is 0. The summed E-state index contributed by atoms with van der Waals surface area (Å²) in [6.07, 6.45) is 7.27. The summed E-state index contributed by atoms with van der Waals surface area (Å²) in [6, 6.07) is 2.35. The van der Waals surface area contributed by atoms with E-state index in [2.05, 4.69) is 29.2 Å². The summed E-state index contributed by atoms with van der Waals surface area (Å²) in [6.45, 7) is 4.07. The molecule has 0 amide bonds. The summed E-state index contributed by atoms with van der Waals surface area (Å²) in [5.74, 6) is 0. The molecule has 3 rings (SSSR count). The van der Waals surface area contributed by atoms with Crippen molar-refractivity contribution in [1.29, 1.82) is 0 Å². The van der Waals surface area contributed by atoms with Crippen LogP contribution in [0.1, 0.15) is 32.1 Å². The van der Waals surface area contributed by atoms with Crippen LogP contribution < -0.4 is 5.32 Å². The first-order valence-corrected chi connectivity index (χ1v) is 7.98. The zero-order valence-corrected chi connectivity index (χ0v) is 12.5. The molecule has 2 bridgehead atoms. The molecule has 3 heterocycles. The Hall–Kier alpha value is -0.160. The molecule has 3 fully saturated rings. The predicted molar refractivity (Wildman–Crippen MR) is 77.5 cm³/mol. The molecule has 1 N–H and O–H groups in total. The minimum absolute atomic E-state index is 0.387. The average Bonchev–Trinajstić information content (AvgIpc) is 2.37. The number of hydrogen-bond donors (Lipinski definition) is 1. The zero-order chi connectivity index (χ0) is 13.2. The third kappa shape index (κ3) is 3.30. The van der Waals surface area contributed by atoms with Gasteiger partial charge in [-0.3, -0.25) is 0 Å². The molecule has 4 heteroatoms. The lowest BCUT2D eigenvalue weighted by Crippen LogP contribution is -2.56. The van der Waals surface area contributed by atoms with E-state index >= 15 is 0 Å². The largest absolute Gasteiger partial charge is 0.374 e. The van der Waals surface area contributed by atoms with Crippen LogP contribution >= 0.6 is 0 Å². The van der Waals surface area contributed by atoms with Crippen molar-refractivity contribution in [3.63, 3.8) is 0 Å². The van der Waals surface area contributed by atoms with Gasteiger partial charge in [-0.05, 0) is 39.8 Å². The zero-order valence-electron chi connectivity index (χ0n) is 12.5. The van der Waals surface area contributed by atoms with Crippen molar-refractivity contribution in [1.82, 2.24) is 15.1 Å². The fourth-order valence-electron chi connectivity index (χ4n) is 4.07. The van der Waals surface area contributed by atoms with Crippen LogP contribution in [0, 0.1) is 0 Å². The van der Waals surface area contributed by atoms with Gasteiger partial charge in [0, 0.05) is 37.8 Å². The highest BCUT2D eigenvalue weighted by Crippen LogP contribution is 2.32. The van der Waals surface area contributed by atoms with Gasteiger partial charge in [0.1, 0.15) is 0 Å². The standard InChI is InChI=1S/C15H29N3O/c1-17-6-7-19-15(11-17)10-16-12-8-13-4-3-5-14(9-12)18(13)2/h12-16H,3-11H2,1-2H3. The molecule has 110 valence electrons. The maximum atomic E-state index is 5.84. The molecule has 19 heavy (non-hydrogen) atoms. The molecule has 0 aromatic rings. The topological polar surface area (TPSA) is 27.7 Å². The number of nitrogens with zero attached hydrogens (tertiary/aromatic N) is 2. The summed E-state index contributed by atoms with van der Waals surface area (Å²) in [7, 11) is 4.51. The summed E-state index contributed by atoms with van der Waals surface area (Å²) < 4.78 is 5.84. The van der Waals surface area contributed by atoms with Crippen LogP contribution in [0.25, 0.3) is 0 Å². The molecule has 3 aliphatic rings. The van der Waals surface area contributed by atoms with Crippen LogP contribution in [-0.4, -0.2) is 74.4 Å². The SMILES string of the molecule is CN1CCOC(CNC2CC3CCCC(C2)N3C)C1. The summed E-state index contributed by atoms with van der Waals surface area (Å²) in [4.78, 5) is 5.01. The van der Waals surface area contributed by atoms with Gasteiger partial charge in [-0.25, -0.2) is 0 Å². The first-order chi connectivity index (χ1) is 9.22. The molecular formula is C15H29N3O. The molecule has 3 atom stereocenters. The monoisotopic (exact) mass is 267 g/mol. The van der Waals surface area contributed by atoms with E-state index in [1.54, 1.807) is 0 Å². The summed E-state index contributed by atoms with van der Waals surface area (Å²) >= 11 is 0. The number of fused-ring (bicyclic) bond motifs is 2. The molecule has 3 saturated heterocycles. The lowest BCUT2D eigenvalue weighted by Gasteiger charge is -2.47. The molecule has 3 unspecified atom stereocenters. The highest BCUT2D eigenvalue weighted by molar-refractivity contribution is 4.93. The molecule has 0 aliphatic carbocycles. The number of likely N-dealkylation sites (N-methyl/N-ethyl adjacent to an activating group) is 1. The molecule has 3 aliphatic heterocycles. The number of rotatable bonds is 3. The van der Waals surface area contributed by atoms with Crippen molar-refractivity contribution < 1.29 is 4.74 Å². The Labute approximate surface area is 117 Å². The van der Waals surface area contributed by atoms with Gasteiger partial charge < -0.3 is 19.9 Å². The second-order valence-corrected chi connectivity index (χ2v) is 6.74. The van der Waals surface area contributed by atoms with Crippen molar-refractivity contribution in [2.24, 2.45) is 0 Å². The smallest absolute Gasteiger partial charge is 0.0826 e. The second-order valence-electron chi connectivity index (χ2n) is 6.74. The van der Waals surface area contributed by atoms with Crippen LogP contribution in [0.3, 0.4) is 0 Å². The normalized spacial score (nSPS) is 41.4. The second kappa shape index (κ2) is 6.08. The summed E-state index contributed by atoms with van der Waals surface area (Å²) in [5, 5.41) is 3.78. The van der Waals surface area contributed by atoms with Crippen molar-refractivity contribution in [2.75, 3.05) is 40.3 Å². The van der Waals surface area contributed by atoms with Crippen molar-refractivity contribution in [2.45, 2.75) is 56.3 Å². The first-order valence-electron chi connectivity index (χ1n) is 7.98. The van der Waals surface area contributed by atoms with E-state index in [0.29, 0.717) is 12.1 Å². The van der Waals surface area contributed by atoms with Gasteiger partial charge in [0.25, 0.3) is 0 Å². The van der Waals surface area contributed by atoms with Crippen LogP contribution in [0.15, 0.2) is 0 Å². The molecular weight excluding hydrogens is 238 g/mol. The molecule has 0 aromatic carbocycles. The number of morpholine rings is 1. The lowest BCUT2D eigenvalue weighted by atomic mass is 9.82. The Bertz CT molecular complexity index is 285. The van der Waals surface area contributed by atoms with Crippen LogP contribution in [0.4, 0.5) is 0 Å². The highest BCUT2D eigenvalue weighted by atomic mass is 16.5. The Morgan fingerprint density at radius 2 is 1.89 bits per heavy atom. The van der Waals surface area contributed by atoms with Crippen LogP contribution in [0.2, 0.25) is 0 Å². The van der Waals surface area contributed by atoms with Gasteiger partial charge in [-0.1, -0.05) is 6.42 Å². The molecule has 0 aromatic heterocycles. The Morgan fingerprint density at radius 1 is 1.16 bits per heavy atom. The maximum Gasteiger partial charge on any atom is 0.0826 e. The molecule has 4 nitrogen and oxygen atoms in total. The Kier molecular flexibility index (Phi) is 4.42. The van der Waals surface area contributed by atoms with Crippen LogP contribution in [-0.2, 0) is 4.74 Å². The fourth-order valence-corrected chi connectivity index (χ4v) is 4.07. The minimum atomic E-state index is 0.387. The quantitative estimate of drug-likeness (QED) is 0.823. The van der Waals surface area contributed by atoms with Gasteiger partial charge in [-0.2, -0.15) is 0 Å². The van der Waals surface area contributed by atoms with Gasteiger partial charge in [0.2, 0.25) is 0 Å². The Morgan fingerprint density at radius 3 is 2.58 bits per heavy atom. The molecule has 0 spiro atoms. The Balaban J connectivity index is 1.46. The van der Waals surface area contributed by atoms with Gasteiger partial charge in [-0.15, -0.1) is 0 Å². The fraction of sp³-hybridized carbons (Fsp3) is 1.00. The van der Waals surface area contributed by atoms with E-state index in [-0.39, 0.29) is 0 Å². The van der Waals surface area contributed by atoms with Crippen LogP contribution in [0.5, 0.6) is 0 Å². The number of nitrogens with one attached hydrogen (secondary N) is 1. The molecule has 0 saturated carbocycles. The molecule has 0 radical (unpaired) electrons. The predicted octanol–water partition coefficient (Wildman–Crippen LogP) is 0.922. The van der Waals surface area contributed by atoms with Crippen molar-refractivity contribution in [3.05, 3.63) is 0 Å². The van der Waals surface area contributed by atoms with E-state index in [1.807, 2.05) is 0 Å². The van der Waals surface area contributed by atoms with E-state index in [0.717, 1.165) is 38.3 Å². The van der Waals surface area contributed by atoms with E-state index in [9.17, 15) is 0 Å². The average molecular weight is 267 g/mol. The lowest BCUT2D eigenvalue weighted by molar-refractivity contribution is -0.0230. The van der Waals surface area contributed by atoms with Gasteiger partial charge >= 0.3 is 0 Å². The third-order valence-electron chi connectivity index (χ3n) is 5.32. The minimum Gasteiger partial charge on any atom is -0.374 e. The third-order valence-corrected chi connectivity index (χ3v) is 5.32. The van der Waals surface area contributed by atoms with Gasteiger partial charge in [0.05, 0.1) is 12.7 Å². The van der Waals surface area contributed by atoms with E-state index in [4.69, 9.17) is 4.74 Å². The maximum absolute atomic E-state index is 5.84. The van der Waals surface area contributed by atoms with Crippen molar-refractivity contribution >= 4 is 0 Å². The van der Waals surface area contributed by atoms with Crippen molar-refractivity contribution in [3.8, 4) is 0 Å². The number of piperidine rings is 2. The highest BCUT2D eigenvalue weighted by Gasteiger charge is 2.35. The van der Waals surface area contributed by atoms with E-state index in [1.165, 1.54) is 32.1 Å².